The van der Waals surface area contributed by atoms with Crippen LogP contribution in [0.4, 0.5) is 5.69 Å². The largest absolute Gasteiger partial charge is 0.359 e. The molecule has 0 fully saturated rings. The van der Waals surface area contributed by atoms with Crippen molar-refractivity contribution in [3.05, 3.63) is 28.8 Å². The fourth-order valence-corrected chi connectivity index (χ4v) is 1.35. The maximum Gasteiger partial charge on any atom is 0.195 e. The van der Waals surface area contributed by atoms with E-state index >= 15 is 0 Å². The zero-order chi connectivity index (χ0) is 10.6. The average Bonchev–Trinajstić information content (AvgIpc) is 2.17. The number of nitrogens with one attached hydrogen (secondary N) is 2. The highest BCUT2D eigenvalue weighted by atomic mass is 35.5. The van der Waals surface area contributed by atoms with E-state index in [4.69, 9.17) is 11.6 Å². The number of anilines is 1. The van der Waals surface area contributed by atoms with Crippen molar-refractivity contribution < 1.29 is 0 Å². The first-order valence-electron chi connectivity index (χ1n) is 4.35. The Kier molecular flexibility index (Phi) is 3.77. The van der Waals surface area contributed by atoms with Crippen LogP contribution in [0.5, 0.6) is 0 Å². The molecule has 0 aromatic heterocycles. The minimum atomic E-state index is 0.732. The molecule has 1 aromatic carbocycles. The van der Waals surface area contributed by atoms with E-state index in [0.717, 1.165) is 22.2 Å². The summed E-state index contributed by atoms with van der Waals surface area (Å²) >= 11 is 5.85. The monoisotopic (exact) mass is 211 g/mol. The van der Waals surface area contributed by atoms with Crippen LogP contribution in [0.1, 0.15) is 5.56 Å². The molecule has 0 aliphatic rings. The highest BCUT2D eigenvalue weighted by Crippen LogP contribution is 2.19. The fraction of sp³-hybridized carbons (Fsp3) is 0.300. The first kappa shape index (κ1) is 10.9. The van der Waals surface area contributed by atoms with Crippen LogP contribution in [0, 0.1) is 6.92 Å². The molecule has 0 aliphatic carbocycles. The Morgan fingerprint density at radius 1 is 1.43 bits per heavy atom. The lowest BCUT2D eigenvalue weighted by Gasteiger charge is -2.10. The standard InChI is InChI=1S/C10H14ClN3/c1-7-6-8(11)4-5-9(7)14-10(12-2)13-3/h4-6H,1-3H3,(H2,12,13,14). The Bertz CT molecular complexity index is 347. The van der Waals surface area contributed by atoms with Crippen molar-refractivity contribution in [2.75, 3.05) is 19.4 Å². The van der Waals surface area contributed by atoms with Crippen molar-refractivity contribution in [2.45, 2.75) is 6.92 Å². The van der Waals surface area contributed by atoms with Gasteiger partial charge in [-0.05, 0) is 30.7 Å². The lowest BCUT2D eigenvalue weighted by molar-refractivity contribution is 1.14. The van der Waals surface area contributed by atoms with Gasteiger partial charge in [0.25, 0.3) is 0 Å². The minimum absolute atomic E-state index is 0.732. The van der Waals surface area contributed by atoms with Crippen LogP contribution < -0.4 is 10.6 Å². The smallest absolute Gasteiger partial charge is 0.195 e. The number of nitrogens with zero attached hydrogens (tertiary/aromatic N) is 1. The highest BCUT2D eigenvalue weighted by molar-refractivity contribution is 6.30. The molecule has 0 unspecified atom stereocenters. The van der Waals surface area contributed by atoms with Gasteiger partial charge in [0.1, 0.15) is 0 Å². The summed E-state index contributed by atoms with van der Waals surface area (Å²) in [6, 6.07) is 5.69. The van der Waals surface area contributed by atoms with Gasteiger partial charge in [0.15, 0.2) is 5.96 Å². The highest BCUT2D eigenvalue weighted by Gasteiger charge is 2.00. The topological polar surface area (TPSA) is 36.4 Å². The lowest BCUT2D eigenvalue weighted by Crippen LogP contribution is -2.27. The van der Waals surface area contributed by atoms with E-state index in [1.165, 1.54) is 0 Å². The molecular weight excluding hydrogens is 198 g/mol. The number of aliphatic imine (C=N–C) groups is 1. The molecule has 0 aliphatic heterocycles. The molecular formula is C10H14ClN3. The van der Waals surface area contributed by atoms with Gasteiger partial charge in [0.05, 0.1) is 0 Å². The van der Waals surface area contributed by atoms with E-state index in [1.54, 1.807) is 7.05 Å². The van der Waals surface area contributed by atoms with E-state index in [9.17, 15) is 0 Å². The van der Waals surface area contributed by atoms with Gasteiger partial charge in [0.2, 0.25) is 0 Å². The van der Waals surface area contributed by atoms with E-state index < -0.39 is 0 Å². The Hall–Kier alpha value is -1.22. The van der Waals surface area contributed by atoms with Gasteiger partial charge < -0.3 is 10.6 Å². The summed E-state index contributed by atoms with van der Waals surface area (Å²) in [6.45, 7) is 2.00. The van der Waals surface area contributed by atoms with Crippen molar-refractivity contribution in [1.29, 1.82) is 0 Å². The maximum absolute atomic E-state index is 5.85. The number of hydrogen-bond acceptors (Lipinski definition) is 1. The summed E-state index contributed by atoms with van der Waals surface area (Å²) in [4.78, 5) is 4.03. The molecule has 14 heavy (non-hydrogen) atoms. The molecule has 2 N–H and O–H groups in total. The molecule has 0 radical (unpaired) electrons. The molecule has 76 valence electrons. The number of hydrogen-bond donors (Lipinski definition) is 2. The normalized spacial score (nSPS) is 11.3. The van der Waals surface area contributed by atoms with Crippen molar-refractivity contribution in [3.8, 4) is 0 Å². The average molecular weight is 212 g/mol. The summed E-state index contributed by atoms with van der Waals surface area (Å²) in [5.74, 6) is 0.732. The number of rotatable bonds is 1. The summed E-state index contributed by atoms with van der Waals surface area (Å²) < 4.78 is 0. The third-order valence-electron chi connectivity index (χ3n) is 1.90. The second kappa shape index (κ2) is 4.86. The van der Waals surface area contributed by atoms with Gasteiger partial charge in [-0.3, -0.25) is 4.99 Å². The van der Waals surface area contributed by atoms with Gasteiger partial charge in [0, 0.05) is 24.8 Å². The predicted molar refractivity (Wildman–Crippen MR) is 62.2 cm³/mol. The van der Waals surface area contributed by atoms with E-state index in [-0.39, 0.29) is 0 Å². The van der Waals surface area contributed by atoms with Crippen LogP contribution in [0.15, 0.2) is 23.2 Å². The second-order valence-corrected chi connectivity index (χ2v) is 3.34. The summed E-state index contributed by atoms with van der Waals surface area (Å²) in [5, 5.41) is 6.85. The molecule has 0 saturated carbocycles. The van der Waals surface area contributed by atoms with E-state index in [0.29, 0.717) is 0 Å². The van der Waals surface area contributed by atoms with Crippen molar-refractivity contribution in [1.82, 2.24) is 5.32 Å². The molecule has 0 spiro atoms. The number of halogens is 1. The van der Waals surface area contributed by atoms with Gasteiger partial charge >= 0.3 is 0 Å². The molecule has 0 amide bonds. The number of aryl methyl sites for hydroxylation is 1. The maximum atomic E-state index is 5.85. The third kappa shape index (κ3) is 2.64. The Morgan fingerprint density at radius 3 is 2.64 bits per heavy atom. The van der Waals surface area contributed by atoms with Crippen LogP contribution in [-0.4, -0.2) is 20.1 Å². The number of guanidine groups is 1. The summed E-state index contributed by atoms with van der Waals surface area (Å²) in [7, 11) is 3.55. The zero-order valence-electron chi connectivity index (χ0n) is 8.56. The quantitative estimate of drug-likeness (QED) is 0.552. The van der Waals surface area contributed by atoms with Gasteiger partial charge in [-0.1, -0.05) is 11.6 Å². The van der Waals surface area contributed by atoms with Crippen LogP contribution in [-0.2, 0) is 0 Å². The van der Waals surface area contributed by atoms with Crippen molar-refractivity contribution in [3.63, 3.8) is 0 Å². The van der Waals surface area contributed by atoms with Crippen LogP contribution in [0.2, 0.25) is 5.02 Å². The summed E-state index contributed by atoms with van der Waals surface area (Å²) in [5.41, 5.74) is 2.10. The van der Waals surface area contributed by atoms with Crippen LogP contribution in [0.3, 0.4) is 0 Å². The van der Waals surface area contributed by atoms with Crippen LogP contribution in [0.25, 0.3) is 0 Å². The Labute approximate surface area is 89.2 Å². The van der Waals surface area contributed by atoms with Gasteiger partial charge in [-0.15, -0.1) is 0 Å². The molecule has 0 heterocycles. The predicted octanol–water partition coefficient (Wildman–Crippen LogP) is 2.27. The van der Waals surface area contributed by atoms with Gasteiger partial charge in [-0.25, -0.2) is 0 Å². The molecule has 0 bridgehead atoms. The second-order valence-electron chi connectivity index (χ2n) is 2.91. The molecule has 1 rings (SSSR count). The minimum Gasteiger partial charge on any atom is -0.359 e. The Morgan fingerprint density at radius 2 is 2.14 bits per heavy atom. The molecule has 4 heteroatoms. The molecule has 1 aromatic rings. The van der Waals surface area contributed by atoms with E-state index in [1.807, 2.05) is 32.2 Å². The van der Waals surface area contributed by atoms with Crippen molar-refractivity contribution in [2.24, 2.45) is 4.99 Å². The molecule has 3 nitrogen and oxygen atoms in total. The molecule has 0 saturated heterocycles. The van der Waals surface area contributed by atoms with Crippen molar-refractivity contribution >= 4 is 23.2 Å². The first-order chi connectivity index (χ1) is 6.67. The summed E-state index contributed by atoms with van der Waals surface area (Å²) in [6.07, 6.45) is 0. The van der Waals surface area contributed by atoms with E-state index in [2.05, 4.69) is 15.6 Å². The number of benzene rings is 1. The first-order valence-corrected chi connectivity index (χ1v) is 4.73. The lowest BCUT2D eigenvalue weighted by atomic mass is 10.2. The molecule has 0 atom stereocenters. The third-order valence-corrected chi connectivity index (χ3v) is 2.14. The fourth-order valence-electron chi connectivity index (χ4n) is 1.13. The van der Waals surface area contributed by atoms with Gasteiger partial charge in [-0.2, -0.15) is 0 Å². The SMILES string of the molecule is CN=C(NC)Nc1ccc(Cl)cc1C. The zero-order valence-corrected chi connectivity index (χ0v) is 9.31. The Balaban J connectivity index is 2.87. The van der Waals surface area contributed by atoms with Crippen LogP contribution >= 0.6 is 11.6 Å².